The van der Waals surface area contributed by atoms with Gasteiger partial charge in [0.25, 0.3) is 0 Å². The van der Waals surface area contributed by atoms with Crippen molar-refractivity contribution < 1.29 is 24.2 Å². The maximum atomic E-state index is 14.2. The van der Waals surface area contributed by atoms with Crippen LogP contribution in [0.25, 0.3) is 0 Å². The summed E-state index contributed by atoms with van der Waals surface area (Å²) >= 11 is 0. The van der Waals surface area contributed by atoms with Crippen molar-refractivity contribution in [3.63, 3.8) is 0 Å². The van der Waals surface area contributed by atoms with Crippen LogP contribution in [0.15, 0.2) is 25.3 Å². The molecular weight excluding hydrogens is 458 g/mol. The van der Waals surface area contributed by atoms with Crippen LogP contribution in [0.4, 0.5) is 0 Å². The SMILES string of the molecule is C=CCN(C)C(=O)[C@H]1[C@H]2C(=O)N(CCCCCO)C(C(=O)N(CC=C)CCCC)C23CC[C@]1(CC)O3. The molecule has 0 aromatic carbocycles. The molecule has 3 aliphatic rings. The predicted octanol–water partition coefficient (Wildman–Crippen LogP) is 2.76. The van der Waals surface area contributed by atoms with Crippen LogP contribution in [-0.2, 0) is 19.1 Å². The number of nitrogens with zero attached hydrogens (tertiary/aromatic N) is 3. The Kier molecular flexibility index (Phi) is 9.39. The standard InChI is InChI=1S/C28H45N3O5/c1-6-10-18-30(17-8-3)26(35)23-28-15-14-27(9-4,36-28)21(24(33)29(5)16-7-2)22(28)25(34)31(23)19-12-11-13-20-32/h7-8,21-23,32H,2-3,6,9-20H2,1,4-5H3/t21-,22+,23?,27+,28?/m1/s1. The third kappa shape index (κ3) is 4.74. The lowest BCUT2D eigenvalue weighted by atomic mass is 9.64. The molecule has 3 saturated heterocycles. The lowest BCUT2D eigenvalue weighted by Gasteiger charge is -2.37. The van der Waals surface area contributed by atoms with Gasteiger partial charge in [-0.05, 0) is 44.9 Å². The molecule has 1 spiro atoms. The van der Waals surface area contributed by atoms with Gasteiger partial charge in [0.15, 0.2) is 0 Å². The van der Waals surface area contributed by atoms with E-state index >= 15 is 0 Å². The summed E-state index contributed by atoms with van der Waals surface area (Å²) in [5.41, 5.74) is -1.73. The second-order valence-electron chi connectivity index (χ2n) is 10.6. The molecule has 36 heavy (non-hydrogen) atoms. The predicted molar refractivity (Wildman–Crippen MR) is 139 cm³/mol. The fourth-order valence-electron chi connectivity index (χ4n) is 6.67. The lowest BCUT2D eigenvalue weighted by molar-refractivity contribution is -0.154. The van der Waals surface area contributed by atoms with E-state index in [4.69, 9.17) is 4.74 Å². The molecule has 202 valence electrons. The van der Waals surface area contributed by atoms with E-state index in [0.29, 0.717) is 58.3 Å². The van der Waals surface area contributed by atoms with Crippen LogP contribution in [0.5, 0.6) is 0 Å². The largest absolute Gasteiger partial charge is 0.396 e. The Hall–Kier alpha value is -2.19. The highest BCUT2D eigenvalue weighted by Gasteiger charge is 2.78. The minimum Gasteiger partial charge on any atom is -0.396 e. The van der Waals surface area contributed by atoms with E-state index in [1.54, 1.807) is 33.9 Å². The number of ether oxygens (including phenoxy) is 1. The van der Waals surface area contributed by atoms with Gasteiger partial charge in [0, 0.05) is 39.8 Å². The van der Waals surface area contributed by atoms with Gasteiger partial charge in [-0.1, -0.05) is 32.4 Å². The molecule has 2 bridgehead atoms. The molecule has 3 rings (SSSR count). The van der Waals surface area contributed by atoms with Crippen molar-refractivity contribution in [1.82, 2.24) is 14.7 Å². The highest BCUT2D eigenvalue weighted by Crippen LogP contribution is 2.64. The third-order valence-electron chi connectivity index (χ3n) is 8.46. The second-order valence-corrected chi connectivity index (χ2v) is 10.6. The van der Waals surface area contributed by atoms with Crippen molar-refractivity contribution in [1.29, 1.82) is 0 Å². The maximum absolute atomic E-state index is 14.2. The van der Waals surface area contributed by atoms with Crippen molar-refractivity contribution in [2.45, 2.75) is 82.5 Å². The number of hydrogen-bond donors (Lipinski definition) is 1. The van der Waals surface area contributed by atoms with Crippen molar-refractivity contribution >= 4 is 17.7 Å². The van der Waals surface area contributed by atoms with Crippen LogP contribution >= 0.6 is 0 Å². The smallest absolute Gasteiger partial charge is 0.248 e. The van der Waals surface area contributed by atoms with Gasteiger partial charge in [0.1, 0.15) is 11.6 Å². The summed E-state index contributed by atoms with van der Waals surface area (Å²) in [6.45, 7) is 13.6. The molecule has 3 amide bonds. The van der Waals surface area contributed by atoms with E-state index in [1.807, 2.05) is 6.92 Å². The van der Waals surface area contributed by atoms with E-state index in [0.717, 1.165) is 19.3 Å². The highest BCUT2D eigenvalue weighted by atomic mass is 16.5. The maximum Gasteiger partial charge on any atom is 0.248 e. The fraction of sp³-hybridized carbons (Fsp3) is 0.750. The number of aliphatic hydroxyl groups excluding tert-OH is 1. The number of likely N-dealkylation sites (tertiary alicyclic amines) is 1. The second kappa shape index (κ2) is 11.9. The van der Waals surface area contributed by atoms with E-state index in [9.17, 15) is 19.5 Å². The topological polar surface area (TPSA) is 90.4 Å². The summed E-state index contributed by atoms with van der Waals surface area (Å²) < 4.78 is 6.83. The first kappa shape index (κ1) is 28.4. The zero-order chi connectivity index (χ0) is 26.5. The number of rotatable bonds is 15. The minimum atomic E-state index is -0.998. The summed E-state index contributed by atoms with van der Waals surface area (Å²) in [4.78, 5) is 47.1. The zero-order valence-corrected chi connectivity index (χ0v) is 22.4. The number of aliphatic hydroxyl groups is 1. The van der Waals surface area contributed by atoms with Crippen LogP contribution in [0, 0.1) is 11.8 Å². The molecule has 0 saturated carbocycles. The average molecular weight is 504 g/mol. The summed E-state index contributed by atoms with van der Waals surface area (Å²) in [6.07, 6.45) is 9.16. The number of hydrogen-bond acceptors (Lipinski definition) is 5. The number of carbonyl (C=O) groups is 3. The van der Waals surface area contributed by atoms with Crippen LogP contribution in [0.1, 0.15) is 65.2 Å². The average Bonchev–Trinajstić information content (AvgIpc) is 3.47. The lowest BCUT2D eigenvalue weighted by Crippen LogP contribution is -2.56. The highest BCUT2D eigenvalue weighted by molar-refractivity contribution is 5.99. The summed E-state index contributed by atoms with van der Waals surface area (Å²) in [5.74, 6) is -1.66. The van der Waals surface area contributed by atoms with E-state index < -0.39 is 29.1 Å². The van der Waals surface area contributed by atoms with Gasteiger partial charge in [-0.3, -0.25) is 14.4 Å². The van der Waals surface area contributed by atoms with Crippen LogP contribution in [-0.4, -0.2) is 94.6 Å². The van der Waals surface area contributed by atoms with Crippen molar-refractivity contribution in [3.05, 3.63) is 25.3 Å². The fourth-order valence-corrected chi connectivity index (χ4v) is 6.67. The molecule has 3 heterocycles. The van der Waals surface area contributed by atoms with Gasteiger partial charge >= 0.3 is 0 Å². The molecule has 0 aromatic rings. The Bertz CT molecular complexity index is 847. The molecule has 1 N–H and O–H groups in total. The third-order valence-corrected chi connectivity index (χ3v) is 8.46. The first-order valence-electron chi connectivity index (χ1n) is 13.7. The van der Waals surface area contributed by atoms with E-state index in [1.165, 1.54) is 0 Å². The monoisotopic (exact) mass is 503 g/mol. The van der Waals surface area contributed by atoms with Crippen LogP contribution in [0.2, 0.25) is 0 Å². The number of fused-ring (bicyclic) bond motifs is 1. The van der Waals surface area contributed by atoms with Gasteiger partial charge in [0.2, 0.25) is 17.7 Å². The molecule has 0 aromatic heterocycles. The number of likely N-dealkylation sites (N-methyl/N-ethyl adjacent to an activating group) is 1. The van der Waals surface area contributed by atoms with Gasteiger partial charge < -0.3 is 24.5 Å². The molecule has 8 heteroatoms. The summed E-state index contributed by atoms with van der Waals surface area (Å²) in [5, 5.41) is 9.21. The Balaban J connectivity index is 2.04. The molecular formula is C28H45N3O5. The summed E-state index contributed by atoms with van der Waals surface area (Å²) in [6, 6.07) is -0.753. The van der Waals surface area contributed by atoms with Crippen molar-refractivity contribution in [2.24, 2.45) is 11.8 Å². The van der Waals surface area contributed by atoms with Gasteiger partial charge in [0.05, 0.1) is 17.4 Å². The first-order chi connectivity index (χ1) is 17.3. The zero-order valence-electron chi connectivity index (χ0n) is 22.4. The molecule has 3 aliphatic heterocycles. The molecule has 0 aliphatic carbocycles. The van der Waals surface area contributed by atoms with Gasteiger partial charge in [-0.25, -0.2) is 0 Å². The number of amides is 3. The molecule has 8 nitrogen and oxygen atoms in total. The Labute approximate surface area is 216 Å². The Morgan fingerprint density at radius 3 is 2.44 bits per heavy atom. The minimum absolute atomic E-state index is 0.0986. The van der Waals surface area contributed by atoms with Gasteiger partial charge in [-0.15, -0.1) is 13.2 Å². The van der Waals surface area contributed by atoms with E-state index in [-0.39, 0.29) is 24.3 Å². The van der Waals surface area contributed by atoms with Gasteiger partial charge in [-0.2, -0.15) is 0 Å². The number of unbranched alkanes of at least 4 members (excludes halogenated alkanes) is 3. The van der Waals surface area contributed by atoms with Crippen LogP contribution < -0.4 is 0 Å². The van der Waals surface area contributed by atoms with Crippen LogP contribution in [0.3, 0.4) is 0 Å². The first-order valence-corrected chi connectivity index (χ1v) is 13.7. The Morgan fingerprint density at radius 2 is 1.83 bits per heavy atom. The molecule has 3 fully saturated rings. The molecule has 2 unspecified atom stereocenters. The van der Waals surface area contributed by atoms with Crippen molar-refractivity contribution in [3.8, 4) is 0 Å². The van der Waals surface area contributed by atoms with E-state index in [2.05, 4.69) is 20.1 Å². The number of carbonyl (C=O) groups excluding carboxylic acids is 3. The molecule has 0 radical (unpaired) electrons. The quantitative estimate of drug-likeness (QED) is 0.274. The Morgan fingerprint density at radius 1 is 1.11 bits per heavy atom. The van der Waals surface area contributed by atoms with Crippen molar-refractivity contribution in [2.75, 3.05) is 39.8 Å². The normalized spacial score (nSPS) is 30.4. The summed E-state index contributed by atoms with van der Waals surface area (Å²) in [7, 11) is 1.73. The molecule has 5 atom stereocenters.